The van der Waals surface area contributed by atoms with Gasteiger partial charge in [-0.05, 0) is 68.5 Å². The van der Waals surface area contributed by atoms with Gasteiger partial charge in [-0.3, -0.25) is 14.4 Å². The fraction of sp³-hybridized carbons (Fsp3) is 0.217. The molecule has 4 heterocycles. The lowest BCUT2D eigenvalue weighted by atomic mass is 9.96. The summed E-state index contributed by atoms with van der Waals surface area (Å²) in [5.41, 5.74) is 5.28. The van der Waals surface area contributed by atoms with Crippen LogP contribution in [0, 0.1) is 13.8 Å². The van der Waals surface area contributed by atoms with Crippen molar-refractivity contribution < 1.29 is 8.42 Å². The van der Waals surface area contributed by atoms with E-state index in [0.29, 0.717) is 10.8 Å². The number of nitrogens with one attached hydrogen (secondary N) is 2. The van der Waals surface area contributed by atoms with Crippen molar-refractivity contribution in [3.63, 3.8) is 0 Å². The highest BCUT2D eigenvalue weighted by Gasteiger charge is 2.42. The molecule has 0 saturated carbocycles. The number of benzene rings is 1. The van der Waals surface area contributed by atoms with Crippen molar-refractivity contribution in [2.45, 2.75) is 25.9 Å². The Balaban J connectivity index is 1.62. The van der Waals surface area contributed by atoms with E-state index in [1.54, 1.807) is 31.0 Å². The SMILES string of the molecule is Cc1cc([C@@H]2[C@H](c3ccccn3)NC(=S)N2c2ccc(NS(C)(=O)=O)cc2)c(C)n1-n1cnnc1. The molecule has 2 N–H and O–H groups in total. The molecule has 1 aliphatic heterocycles. The number of hydrogen-bond acceptors (Lipinski definition) is 6. The summed E-state index contributed by atoms with van der Waals surface area (Å²) in [7, 11) is -3.37. The van der Waals surface area contributed by atoms with Gasteiger partial charge in [0.15, 0.2) is 5.11 Å². The molecule has 180 valence electrons. The number of rotatable bonds is 6. The molecule has 3 aromatic heterocycles. The zero-order valence-electron chi connectivity index (χ0n) is 19.3. The van der Waals surface area contributed by atoms with Crippen LogP contribution in [0.3, 0.4) is 0 Å². The highest BCUT2D eigenvalue weighted by molar-refractivity contribution is 7.92. The second-order valence-corrected chi connectivity index (χ2v) is 10.5. The zero-order valence-corrected chi connectivity index (χ0v) is 21.0. The fourth-order valence-corrected chi connectivity index (χ4v) is 5.49. The van der Waals surface area contributed by atoms with Crippen molar-refractivity contribution in [3.05, 3.63) is 90.0 Å². The summed E-state index contributed by atoms with van der Waals surface area (Å²) in [6.07, 6.45) is 6.21. The van der Waals surface area contributed by atoms with Gasteiger partial charge in [-0.15, -0.1) is 10.2 Å². The molecular weight excluding hydrogens is 484 g/mol. The lowest BCUT2D eigenvalue weighted by molar-refractivity contribution is 0.557. The van der Waals surface area contributed by atoms with Crippen molar-refractivity contribution >= 4 is 38.7 Å². The summed E-state index contributed by atoms with van der Waals surface area (Å²) in [6, 6.07) is 14.7. The smallest absolute Gasteiger partial charge is 0.229 e. The third kappa shape index (κ3) is 4.37. The van der Waals surface area contributed by atoms with Crippen LogP contribution in [0.2, 0.25) is 0 Å². The first-order chi connectivity index (χ1) is 16.7. The van der Waals surface area contributed by atoms with Crippen molar-refractivity contribution in [1.29, 1.82) is 0 Å². The Morgan fingerprint density at radius 1 is 1.06 bits per heavy atom. The minimum absolute atomic E-state index is 0.201. The summed E-state index contributed by atoms with van der Waals surface area (Å²) in [5.74, 6) is 0. The lowest BCUT2D eigenvalue weighted by Crippen LogP contribution is -2.29. The highest BCUT2D eigenvalue weighted by atomic mass is 32.2. The number of sulfonamides is 1. The Morgan fingerprint density at radius 2 is 1.77 bits per heavy atom. The van der Waals surface area contributed by atoms with Crippen LogP contribution in [0.4, 0.5) is 11.4 Å². The van der Waals surface area contributed by atoms with Crippen molar-refractivity contribution in [2.75, 3.05) is 15.9 Å². The van der Waals surface area contributed by atoms with Crippen LogP contribution < -0.4 is 14.9 Å². The molecule has 0 aliphatic carbocycles. The Hall–Kier alpha value is -3.77. The Kier molecular flexibility index (Phi) is 5.77. The molecule has 0 radical (unpaired) electrons. The molecule has 0 unspecified atom stereocenters. The molecule has 1 fully saturated rings. The minimum Gasteiger partial charge on any atom is -0.351 e. The Bertz CT molecular complexity index is 1470. The Labute approximate surface area is 208 Å². The molecule has 12 heteroatoms. The summed E-state index contributed by atoms with van der Waals surface area (Å²) in [6.45, 7) is 4.08. The van der Waals surface area contributed by atoms with Gasteiger partial charge in [0, 0.05) is 34.5 Å². The Morgan fingerprint density at radius 3 is 2.40 bits per heavy atom. The average molecular weight is 509 g/mol. The van der Waals surface area contributed by atoms with E-state index in [4.69, 9.17) is 12.2 Å². The molecule has 4 aromatic rings. The predicted octanol–water partition coefficient (Wildman–Crippen LogP) is 2.95. The zero-order chi connectivity index (χ0) is 24.7. The van der Waals surface area contributed by atoms with E-state index in [9.17, 15) is 8.42 Å². The molecule has 2 atom stereocenters. The van der Waals surface area contributed by atoms with Gasteiger partial charge in [0.05, 0.1) is 24.0 Å². The molecule has 1 saturated heterocycles. The average Bonchev–Trinajstić information content (AvgIpc) is 3.52. The quantitative estimate of drug-likeness (QED) is 0.383. The molecule has 1 aliphatic rings. The third-order valence-corrected chi connectivity index (χ3v) is 6.86. The number of hydrogen-bond donors (Lipinski definition) is 2. The molecule has 0 amide bonds. The van der Waals surface area contributed by atoms with Gasteiger partial charge in [-0.25, -0.2) is 13.1 Å². The van der Waals surface area contributed by atoms with Crippen LogP contribution in [-0.2, 0) is 10.0 Å². The van der Waals surface area contributed by atoms with Crippen LogP contribution in [-0.4, -0.2) is 44.3 Å². The predicted molar refractivity (Wildman–Crippen MR) is 138 cm³/mol. The first-order valence-electron chi connectivity index (χ1n) is 10.9. The van der Waals surface area contributed by atoms with E-state index in [-0.39, 0.29) is 12.1 Å². The molecule has 0 spiro atoms. The van der Waals surface area contributed by atoms with Crippen molar-refractivity contribution in [1.82, 2.24) is 29.9 Å². The van der Waals surface area contributed by atoms with E-state index in [1.165, 1.54) is 0 Å². The number of anilines is 2. The molecule has 35 heavy (non-hydrogen) atoms. The lowest BCUT2D eigenvalue weighted by Gasteiger charge is -2.28. The second-order valence-electron chi connectivity index (χ2n) is 8.40. The van der Waals surface area contributed by atoms with Gasteiger partial charge in [0.25, 0.3) is 0 Å². The van der Waals surface area contributed by atoms with Crippen LogP contribution in [0.1, 0.15) is 34.7 Å². The van der Waals surface area contributed by atoms with Crippen LogP contribution >= 0.6 is 12.2 Å². The van der Waals surface area contributed by atoms with Gasteiger partial charge in [0.1, 0.15) is 12.7 Å². The van der Waals surface area contributed by atoms with E-state index < -0.39 is 10.0 Å². The summed E-state index contributed by atoms with van der Waals surface area (Å²) in [5, 5.41) is 11.9. The molecule has 5 rings (SSSR count). The summed E-state index contributed by atoms with van der Waals surface area (Å²) < 4.78 is 29.6. The number of pyridine rings is 1. The van der Waals surface area contributed by atoms with Gasteiger partial charge in [0.2, 0.25) is 10.0 Å². The maximum atomic E-state index is 11.6. The molecule has 10 nitrogen and oxygen atoms in total. The van der Waals surface area contributed by atoms with Crippen molar-refractivity contribution in [2.24, 2.45) is 0 Å². The third-order valence-electron chi connectivity index (χ3n) is 5.94. The summed E-state index contributed by atoms with van der Waals surface area (Å²) in [4.78, 5) is 6.66. The van der Waals surface area contributed by atoms with Gasteiger partial charge < -0.3 is 10.2 Å². The van der Waals surface area contributed by atoms with E-state index >= 15 is 0 Å². The molecule has 1 aromatic carbocycles. The van der Waals surface area contributed by atoms with Crippen LogP contribution in [0.25, 0.3) is 0 Å². The topological polar surface area (TPSA) is 110 Å². The standard InChI is InChI=1S/C23H24N8O2S2/c1-15-12-19(16(2)31(15)29-13-25-26-14-29)22-21(20-6-4-5-11-24-20)27-23(34)30(22)18-9-7-17(8-10-18)28-35(3,32)33/h4-14,21-22,28H,1-3H3,(H,27,34)/t21-,22+/m0/s1. The van der Waals surface area contributed by atoms with Gasteiger partial charge >= 0.3 is 0 Å². The normalized spacial score (nSPS) is 18.0. The van der Waals surface area contributed by atoms with E-state index in [1.807, 2.05) is 46.6 Å². The summed E-state index contributed by atoms with van der Waals surface area (Å²) >= 11 is 5.80. The van der Waals surface area contributed by atoms with E-state index in [2.05, 4.69) is 43.1 Å². The number of thiocarbonyl (C=S) groups is 1. The highest BCUT2D eigenvalue weighted by Crippen LogP contribution is 2.43. The number of aromatic nitrogens is 5. The second kappa shape index (κ2) is 8.78. The first-order valence-corrected chi connectivity index (χ1v) is 13.2. The number of nitrogens with zero attached hydrogens (tertiary/aromatic N) is 6. The van der Waals surface area contributed by atoms with Crippen LogP contribution in [0.5, 0.6) is 0 Å². The minimum atomic E-state index is -3.37. The van der Waals surface area contributed by atoms with Gasteiger partial charge in [-0.1, -0.05) is 6.07 Å². The molecule has 0 bridgehead atoms. The van der Waals surface area contributed by atoms with Crippen LogP contribution in [0.15, 0.2) is 67.4 Å². The largest absolute Gasteiger partial charge is 0.351 e. The monoisotopic (exact) mass is 508 g/mol. The first kappa shape index (κ1) is 23.0. The van der Waals surface area contributed by atoms with E-state index in [0.717, 1.165) is 34.6 Å². The van der Waals surface area contributed by atoms with Crippen molar-refractivity contribution in [3.8, 4) is 0 Å². The maximum Gasteiger partial charge on any atom is 0.229 e. The number of aryl methyl sites for hydroxylation is 1. The maximum absolute atomic E-state index is 11.6. The molecular formula is C23H24N8O2S2. The fourth-order valence-electron chi connectivity index (χ4n) is 4.58. The van der Waals surface area contributed by atoms with Gasteiger partial charge in [-0.2, -0.15) is 0 Å².